The first-order chi connectivity index (χ1) is 20.9. The van der Waals surface area contributed by atoms with Crippen molar-refractivity contribution in [3.8, 4) is 0 Å². The molecule has 0 bridgehead atoms. The Bertz CT molecular complexity index is 1350. The third-order valence-corrected chi connectivity index (χ3v) is 9.26. The highest BCUT2D eigenvalue weighted by molar-refractivity contribution is 6.06. The van der Waals surface area contributed by atoms with Crippen LogP contribution < -0.4 is 10.2 Å². The predicted molar refractivity (Wildman–Crippen MR) is 158 cm³/mol. The number of nitrogens with one attached hydrogen (secondary N) is 1. The standard InChI is InChI=1S/C32H39N5O6/c38-28-9-8-27(29(39)33-28)37-30(40)25-7-6-24(20-26(25)31(37)41)35-14-11-22(12-15-35)10-13-34-16-18-36(19-17-34)32(42)43-21-23-4-2-1-3-5-23/h1-7,20,22,27,30,40H,8-19,21H2,(H,33,38,39). The lowest BCUT2D eigenvalue weighted by Crippen LogP contribution is -2.53. The number of ether oxygens (including phenoxy) is 1. The second kappa shape index (κ2) is 12.7. The molecule has 2 atom stereocenters. The second-order valence-corrected chi connectivity index (χ2v) is 11.9. The Morgan fingerprint density at radius 3 is 2.40 bits per heavy atom. The fraction of sp³-hybridized carbons (Fsp3) is 0.500. The molecular weight excluding hydrogens is 550 g/mol. The van der Waals surface area contributed by atoms with Crippen LogP contribution in [0.15, 0.2) is 48.5 Å². The zero-order valence-corrected chi connectivity index (χ0v) is 24.3. The zero-order chi connectivity index (χ0) is 29.9. The highest BCUT2D eigenvalue weighted by Gasteiger charge is 2.44. The molecule has 2 unspecified atom stereocenters. The highest BCUT2D eigenvalue weighted by atomic mass is 16.6. The van der Waals surface area contributed by atoms with Crippen LogP contribution in [-0.2, 0) is 20.9 Å². The van der Waals surface area contributed by atoms with Gasteiger partial charge in [0, 0.05) is 62.5 Å². The Morgan fingerprint density at radius 2 is 1.67 bits per heavy atom. The molecule has 6 rings (SSSR count). The molecule has 2 aromatic carbocycles. The normalized spacial score (nSPS) is 23.4. The molecule has 43 heavy (non-hydrogen) atoms. The van der Waals surface area contributed by atoms with Gasteiger partial charge in [0.1, 0.15) is 12.6 Å². The summed E-state index contributed by atoms with van der Waals surface area (Å²) in [5.41, 5.74) is 2.84. The average Bonchev–Trinajstić information content (AvgIpc) is 3.28. The second-order valence-electron chi connectivity index (χ2n) is 11.9. The summed E-state index contributed by atoms with van der Waals surface area (Å²) in [5, 5.41) is 13.1. The predicted octanol–water partition coefficient (Wildman–Crippen LogP) is 2.50. The number of rotatable bonds is 7. The van der Waals surface area contributed by atoms with Gasteiger partial charge in [-0.1, -0.05) is 36.4 Å². The minimum absolute atomic E-state index is 0.142. The smallest absolute Gasteiger partial charge is 0.410 e. The maximum Gasteiger partial charge on any atom is 0.410 e. The zero-order valence-electron chi connectivity index (χ0n) is 24.3. The van der Waals surface area contributed by atoms with E-state index >= 15 is 0 Å². The largest absolute Gasteiger partial charge is 0.445 e. The van der Waals surface area contributed by atoms with Crippen molar-refractivity contribution in [3.63, 3.8) is 0 Å². The highest BCUT2D eigenvalue weighted by Crippen LogP contribution is 2.38. The molecule has 0 saturated carbocycles. The molecule has 228 valence electrons. The number of imide groups is 1. The van der Waals surface area contributed by atoms with Gasteiger partial charge in [-0.15, -0.1) is 0 Å². The monoisotopic (exact) mass is 589 g/mol. The number of piperazine rings is 1. The van der Waals surface area contributed by atoms with Gasteiger partial charge in [0.15, 0.2) is 6.23 Å². The van der Waals surface area contributed by atoms with Crippen molar-refractivity contribution in [2.45, 2.75) is 51.0 Å². The molecule has 3 fully saturated rings. The number of nitrogens with zero attached hydrogens (tertiary/aromatic N) is 4. The third-order valence-electron chi connectivity index (χ3n) is 9.26. The van der Waals surface area contributed by atoms with Crippen LogP contribution in [0.4, 0.5) is 10.5 Å². The van der Waals surface area contributed by atoms with Crippen molar-refractivity contribution in [2.24, 2.45) is 5.92 Å². The lowest BCUT2D eigenvalue weighted by Gasteiger charge is -2.37. The maximum atomic E-state index is 13.3. The maximum absolute atomic E-state index is 13.3. The summed E-state index contributed by atoms with van der Waals surface area (Å²) in [6.45, 7) is 6.14. The van der Waals surface area contributed by atoms with Crippen LogP contribution in [0.2, 0.25) is 0 Å². The van der Waals surface area contributed by atoms with E-state index in [0.29, 0.717) is 36.7 Å². The number of amides is 4. The number of aliphatic hydroxyl groups is 1. The SMILES string of the molecule is O=C1CCC(N2C(=O)c3cc(N4CCC(CCN5CCN(C(=O)OCc6ccccc6)CC5)CC4)ccc3C2O)C(=O)N1. The number of carbonyl (C=O) groups excluding carboxylic acids is 4. The van der Waals surface area contributed by atoms with Gasteiger partial charge in [0.05, 0.1) is 0 Å². The molecule has 0 spiro atoms. The van der Waals surface area contributed by atoms with Crippen LogP contribution in [0.5, 0.6) is 0 Å². The van der Waals surface area contributed by atoms with Gasteiger partial charge in [-0.25, -0.2) is 4.79 Å². The van der Waals surface area contributed by atoms with E-state index in [-0.39, 0.29) is 30.7 Å². The third kappa shape index (κ3) is 6.37. The average molecular weight is 590 g/mol. The van der Waals surface area contributed by atoms with Crippen molar-refractivity contribution < 1.29 is 29.0 Å². The molecule has 0 radical (unpaired) electrons. The van der Waals surface area contributed by atoms with Gasteiger partial charge < -0.3 is 19.6 Å². The molecular formula is C32H39N5O6. The van der Waals surface area contributed by atoms with E-state index in [2.05, 4.69) is 15.1 Å². The lowest BCUT2D eigenvalue weighted by atomic mass is 9.92. The fourth-order valence-corrected chi connectivity index (χ4v) is 6.62. The number of fused-ring (bicyclic) bond motifs is 1. The molecule has 0 aromatic heterocycles. The van der Waals surface area contributed by atoms with Crippen molar-refractivity contribution in [2.75, 3.05) is 50.7 Å². The minimum atomic E-state index is -1.20. The van der Waals surface area contributed by atoms with Gasteiger partial charge in [-0.2, -0.15) is 0 Å². The quantitative estimate of drug-likeness (QED) is 0.473. The topological polar surface area (TPSA) is 123 Å². The fourth-order valence-electron chi connectivity index (χ4n) is 6.62. The number of hydrogen-bond acceptors (Lipinski definition) is 8. The first-order valence-corrected chi connectivity index (χ1v) is 15.3. The first kappa shape index (κ1) is 29.1. The van der Waals surface area contributed by atoms with Crippen LogP contribution >= 0.6 is 0 Å². The molecule has 2 N–H and O–H groups in total. The van der Waals surface area contributed by atoms with E-state index in [9.17, 15) is 24.3 Å². The van der Waals surface area contributed by atoms with E-state index < -0.39 is 18.2 Å². The van der Waals surface area contributed by atoms with Crippen LogP contribution in [0.3, 0.4) is 0 Å². The molecule has 11 nitrogen and oxygen atoms in total. The van der Waals surface area contributed by atoms with E-state index in [1.165, 1.54) is 4.90 Å². The van der Waals surface area contributed by atoms with Crippen molar-refractivity contribution >= 4 is 29.5 Å². The van der Waals surface area contributed by atoms with Crippen LogP contribution in [0.1, 0.15) is 59.8 Å². The van der Waals surface area contributed by atoms with Gasteiger partial charge >= 0.3 is 6.09 Å². The summed E-state index contributed by atoms with van der Waals surface area (Å²) < 4.78 is 5.48. The number of aliphatic hydroxyl groups excluding tert-OH is 1. The summed E-state index contributed by atoms with van der Waals surface area (Å²) >= 11 is 0. The Kier molecular flexibility index (Phi) is 8.62. The van der Waals surface area contributed by atoms with Crippen molar-refractivity contribution in [1.29, 1.82) is 0 Å². The van der Waals surface area contributed by atoms with E-state index in [1.54, 1.807) is 11.0 Å². The van der Waals surface area contributed by atoms with E-state index in [4.69, 9.17) is 4.74 Å². The molecule has 4 amide bonds. The Morgan fingerprint density at radius 1 is 0.930 bits per heavy atom. The number of benzene rings is 2. The van der Waals surface area contributed by atoms with Crippen LogP contribution in [0.25, 0.3) is 0 Å². The van der Waals surface area contributed by atoms with Crippen LogP contribution in [-0.4, -0.2) is 95.5 Å². The summed E-state index contributed by atoms with van der Waals surface area (Å²) in [6.07, 6.45) is 2.13. The molecule has 4 heterocycles. The Labute approximate surface area is 251 Å². The molecule has 11 heteroatoms. The first-order valence-electron chi connectivity index (χ1n) is 15.3. The minimum Gasteiger partial charge on any atom is -0.445 e. The molecule has 2 aromatic rings. The summed E-state index contributed by atoms with van der Waals surface area (Å²) in [7, 11) is 0. The van der Waals surface area contributed by atoms with Gasteiger partial charge in [0.25, 0.3) is 5.91 Å². The number of carbonyl (C=O) groups is 4. The molecule has 3 saturated heterocycles. The Balaban J connectivity index is 0.941. The van der Waals surface area contributed by atoms with E-state index in [1.807, 2.05) is 42.5 Å². The summed E-state index contributed by atoms with van der Waals surface area (Å²) in [6, 6.07) is 14.4. The van der Waals surface area contributed by atoms with Crippen molar-refractivity contribution in [3.05, 3.63) is 65.2 Å². The Hall–Kier alpha value is -3.96. The molecule has 0 aliphatic carbocycles. The van der Waals surface area contributed by atoms with Gasteiger partial charge in [-0.05, 0) is 55.8 Å². The number of piperidine rings is 2. The van der Waals surface area contributed by atoms with E-state index in [0.717, 1.165) is 63.2 Å². The lowest BCUT2D eigenvalue weighted by molar-refractivity contribution is -0.139. The number of hydrogen-bond donors (Lipinski definition) is 2. The summed E-state index contributed by atoms with van der Waals surface area (Å²) in [4.78, 5) is 57.3. The van der Waals surface area contributed by atoms with Crippen molar-refractivity contribution in [1.82, 2.24) is 20.0 Å². The van der Waals surface area contributed by atoms with Crippen LogP contribution in [0, 0.1) is 5.92 Å². The van der Waals surface area contributed by atoms with Gasteiger partial charge in [0.2, 0.25) is 11.8 Å². The van der Waals surface area contributed by atoms with Gasteiger partial charge in [-0.3, -0.25) is 29.5 Å². The molecule has 4 aliphatic heterocycles. The molecule has 4 aliphatic rings. The number of anilines is 1. The summed E-state index contributed by atoms with van der Waals surface area (Å²) in [5.74, 6) is -0.656.